The smallest absolute Gasteiger partial charge is 0.264 e. The molecule has 0 spiro atoms. The van der Waals surface area contributed by atoms with E-state index in [2.05, 4.69) is 19.6 Å². The van der Waals surface area contributed by atoms with Crippen molar-refractivity contribution in [1.29, 1.82) is 0 Å². The van der Waals surface area contributed by atoms with Crippen LogP contribution in [0.3, 0.4) is 0 Å². The van der Waals surface area contributed by atoms with Gasteiger partial charge in [0.2, 0.25) is 0 Å². The van der Waals surface area contributed by atoms with E-state index in [0.29, 0.717) is 17.6 Å². The number of benzene rings is 1. The maximum absolute atomic E-state index is 12.6. The number of fused-ring (bicyclic) bond motifs is 3. The molecule has 116 valence electrons. The minimum absolute atomic E-state index is 0.0598. The Morgan fingerprint density at radius 1 is 1.14 bits per heavy atom. The van der Waals surface area contributed by atoms with Gasteiger partial charge in [-0.25, -0.2) is 0 Å². The quantitative estimate of drug-likeness (QED) is 0.527. The highest BCUT2D eigenvalue weighted by Gasteiger charge is 2.14. The number of hydrogen-bond acceptors (Lipinski definition) is 3. The van der Waals surface area contributed by atoms with Crippen molar-refractivity contribution in [2.45, 2.75) is 32.4 Å². The second-order valence-electron chi connectivity index (χ2n) is 6.76. The average Bonchev–Trinajstić information content (AvgIpc) is 2.95. The van der Waals surface area contributed by atoms with Crippen molar-refractivity contribution in [2.75, 3.05) is 6.61 Å². The van der Waals surface area contributed by atoms with E-state index in [1.54, 1.807) is 16.9 Å². The monoisotopic (exact) mass is 315 g/mol. The number of ether oxygens (including phenoxy) is 1. The Balaban J connectivity index is 1.97. The number of para-hydroxylation sites is 1. The van der Waals surface area contributed by atoms with E-state index < -0.39 is 8.07 Å². The number of aromatic nitrogens is 1. The van der Waals surface area contributed by atoms with E-state index in [9.17, 15) is 4.79 Å². The predicted molar refractivity (Wildman–Crippen MR) is 92.1 cm³/mol. The van der Waals surface area contributed by atoms with Crippen molar-refractivity contribution in [3.05, 3.63) is 46.9 Å². The van der Waals surface area contributed by atoms with Gasteiger partial charge in [-0.15, -0.1) is 0 Å². The van der Waals surface area contributed by atoms with Gasteiger partial charge in [-0.05, 0) is 24.2 Å². The second kappa shape index (κ2) is 5.74. The van der Waals surface area contributed by atoms with Crippen LogP contribution in [0.5, 0.6) is 0 Å². The van der Waals surface area contributed by atoms with Crippen LogP contribution in [0.25, 0.3) is 21.9 Å². The SMILES string of the molecule is C[Si](C)(C)CCOCn1c(=O)c2ccoc2c2ccccc21. The van der Waals surface area contributed by atoms with Crippen molar-refractivity contribution >= 4 is 29.9 Å². The first-order chi connectivity index (χ1) is 10.5. The molecule has 0 N–H and O–H groups in total. The Hall–Kier alpha value is -1.85. The Morgan fingerprint density at radius 2 is 1.91 bits per heavy atom. The lowest BCUT2D eigenvalue weighted by Gasteiger charge is -2.16. The lowest BCUT2D eigenvalue weighted by molar-refractivity contribution is 0.0882. The van der Waals surface area contributed by atoms with Crippen LogP contribution in [0.15, 0.2) is 45.8 Å². The highest BCUT2D eigenvalue weighted by molar-refractivity contribution is 6.76. The number of furan rings is 1. The number of nitrogens with zero attached hydrogens (tertiary/aromatic N) is 1. The number of pyridine rings is 1. The van der Waals surface area contributed by atoms with Crippen LogP contribution in [-0.4, -0.2) is 19.2 Å². The van der Waals surface area contributed by atoms with Gasteiger partial charge in [0.25, 0.3) is 5.56 Å². The van der Waals surface area contributed by atoms with Crippen molar-refractivity contribution < 1.29 is 9.15 Å². The fraction of sp³-hybridized carbons (Fsp3) is 0.353. The molecule has 0 atom stereocenters. The molecule has 2 aromatic heterocycles. The van der Waals surface area contributed by atoms with Crippen molar-refractivity contribution in [1.82, 2.24) is 4.57 Å². The molecule has 0 amide bonds. The van der Waals surface area contributed by atoms with Gasteiger partial charge in [0.15, 0.2) is 0 Å². The highest BCUT2D eigenvalue weighted by atomic mass is 28.3. The molecule has 2 heterocycles. The minimum atomic E-state index is -1.12. The number of hydrogen-bond donors (Lipinski definition) is 0. The zero-order chi connectivity index (χ0) is 15.7. The summed E-state index contributed by atoms with van der Waals surface area (Å²) in [5.41, 5.74) is 1.44. The van der Waals surface area contributed by atoms with Gasteiger partial charge >= 0.3 is 0 Å². The Labute approximate surface area is 130 Å². The van der Waals surface area contributed by atoms with Gasteiger partial charge in [0.1, 0.15) is 12.3 Å². The first-order valence-corrected chi connectivity index (χ1v) is 11.2. The molecule has 0 saturated heterocycles. The van der Waals surface area contributed by atoms with Crippen molar-refractivity contribution in [2.24, 2.45) is 0 Å². The molecule has 3 rings (SSSR count). The van der Waals surface area contributed by atoms with Crippen LogP contribution in [-0.2, 0) is 11.5 Å². The summed E-state index contributed by atoms with van der Waals surface area (Å²) < 4.78 is 13.0. The third-order valence-electron chi connectivity index (χ3n) is 3.80. The Bertz CT molecular complexity index is 858. The maximum atomic E-state index is 12.6. The van der Waals surface area contributed by atoms with E-state index in [4.69, 9.17) is 9.15 Å². The van der Waals surface area contributed by atoms with Gasteiger partial charge in [-0.3, -0.25) is 9.36 Å². The van der Waals surface area contributed by atoms with Crippen LogP contribution in [0.1, 0.15) is 0 Å². The number of rotatable bonds is 5. The molecule has 0 aliphatic rings. The third-order valence-corrected chi connectivity index (χ3v) is 5.50. The first-order valence-electron chi connectivity index (χ1n) is 7.54. The molecule has 22 heavy (non-hydrogen) atoms. The van der Waals surface area contributed by atoms with E-state index in [1.165, 1.54) is 0 Å². The average molecular weight is 315 g/mol. The summed E-state index contributed by atoms with van der Waals surface area (Å²) >= 11 is 0. The van der Waals surface area contributed by atoms with Gasteiger partial charge < -0.3 is 9.15 Å². The summed E-state index contributed by atoms with van der Waals surface area (Å²) in [6.45, 7) is 7.92. The van der Waals surface area contributed by atoms with Gasteiger partial charge in [-0.1, -0.05) is 31.8 Å². The molecule has 0 unspecified atom stereocenters. The van der Waals surface area contributed by atoms with Gasteiger partial charge in [0, 0.05) is 20.1 Å². The molecular formula is C17H21NO3Si. The Kier molecular flexibility index (Phi) is 3.93. The van der Waals surface area contributed by atoms with E-state index in [0.717, 1.165) is 16.9 Å². The maximum Gasteiger partial charge on any atom is 0.264 e. The van der Waals surface area contributed by atoms with Crippen LogP contribution in [0, 0.1) is 0 Å². The fourth-order valence-electron chi connectivity index (χ4n) is 2.50. The van der Waals surface area contributed by atoms with E-state index in [-0.39, 0.29) is 12.3 Å². The topological polar surface area (TPSA) is 44.4 Å². The van der Waals surface area contributed by atoms with E-state index >= 15 is 0 Å². The predicted octanol–water partition coefficient (Wildman–Crippen LogP) is 4.06. The molecule has 0 saturated carbocycles. The summed E-state index contributed by atoms with van der Waals surface area (Å²) in [6.07, 6.45) is 1.56. The van der Waals surface area contributed by atoms with Crippen LogP contribution in [0.4, 0.5) is 0 Å². The fourth-order valence-corrected chi connectivity index (χ4v) is 3.26. The van der Waals surface area contributed by atoms with Crippen molar-refractivity contribution in [3.8, 4) is 0 Å². The van der Waals surface area contributed by atoms with Gasteiger partial charge in [-0.2, -0.15) is 0 Å². The molecule has 3 aromatic rings. The van der Waals surface area contributed by atoms with Crippen LogP contribution < -0.4 is 5.56 Å². The molecular weight excluding hydrogens is 294 g/mol. The largest absolute Gasteiger partial charge is 0.463 e. The second-order valence-corrected chi connectivity index (χ2v) is 12.4. The summed E-state index contributed by atoms with van der Waals surface area (Å²) in [5.74, 6) is 0. The molecule has 0 bridgehead atoms. The molecule has 5 heteroatoms. The van der Waals surface area contributed by atoms with Gasteiger partial charge in [0.05, 0.1) is 17.2 Å². The van der Waals surface area contributed by atoms with Crippen LogP contribution >= 0.6 is 0 Å². The molecule has 0 aliphatic carbocycles. The summed E-state index contributed by atoms with van der Waals surface area (Å²) in [4.78, 5) is 12.6. The first kappa shape index (κ1) is 15.1. The van der Waals surface area contributed by atoms with E-state index in [1.807, 2.05) is 24.3 Å². The molecule has 1 aromatic carbocycles. The summed E-state index contributed by atoms with van der Waals surface area (Å²) in [7, 11) is -1.12. The lowest BCUT2D eigenvalue weighted by Crippen LogP contribution is -2.25. The minimum Gasteiger partial charge on any atom is -0.463 e. The normalized spacial score (nSPS) is 12.3. The standard InChI is InChI=1S/C17H21NO3Si/c1-22(2,3)11-10-20-12-18-15-7-5-4-6-13(15)16-14(17(18)19)8-9-21-16/h4-9H,10-12H2,1-3H3. The molecule has 0 aliphatic heterocycles. The summed E-state index contributed by atoms with van der Waals surface area (Å²) in [5, 5.41) is 1.54. The highest BCUT2D eigenvalue weighted by Crippen LogP contribution is 2.23. The molecule has 4 nitrogen and oxygen atoms in total. The zero-order valence-electron chi connectivity index (χ0n) is 13.3. The zero-order valence-corrected chi connectivity index (χ0v) is 14.3. The lowest BCUT2D eigenvalue weighted by atomic mass is 10.1. The van der Waals surface area contributed by atoms with Crippen LogP contribution in [0.2, 0.25) is 25.7 Å². The third kappa shape index (κ3) is 2.87. The summed E-state index contributed by atoms with van der Waals surface area (Å²) in [6, 6.07) is 10.6. The van der Waals surface area contributed by atoms with Crippen molar-refractivity contribution in [3.63, 3.8) is 0 Å². The molecule has 0 fully saturated rings. The Morgan fingerprint density at radius 3 is 2.68 bits per heavy atom. The molecule has 0 radical (unpaired) electrons.